The zero-order valence-electron chi connectivity index (χ0n) is 7.66. The molecule has 2 rings (SSSR count). The Labute approximate surface area is 78.1 Å². The molecule has 1 fully saturated rings. The van der Waals surface area contributed by atoms with E-state index in [1.54, 1.807) is 12.5 Å². The standard InChI is InChI=1S/C10H15NO2/c1-2-10(6-11-4-1)13-8-9-3-5-12-7-9/h3,5,7,10-11H,1-2,4,6,8H2. The summed E-state index contributed by atoms with van der Waals surface area (Å²) in [4.78, 5) is 0. The van der Waals surface area contributed by atoms with Crippen molar-refractivity contribution in [2.75, 3.05) is 13.1 Å². The van der Waals surface area contributed by atoms with Gasteiger partial charge in [-0.1, -0.05) is 0 Å². The lowest BCUT2D eigenvalue weighted by atomic mass is 10.1. The van der Waals surface area contributed by atoms with Crippen LogP contribution in [-0.4, -0.2) is 19.2 Å². The van der Waals surface area contributed by atoms with Crippen molar-refractivity contribution in [1.29, 1.82) is 0 Å². The molecule has 3 nitrogen and oxygen atoms in total. The lowest BCUT2D eigenvalue weighted by molar-refractivity contribution is 0.0251. The van der Waals surface area contributed by atoms with Gasteiger partial charge in [0.15, 0.2) is 0 Å². The molecule has 0 spiro atoms. The van der Waals surface area contributed by atoms with Gasteiger partial charge >= 0.3 is 0 Å². The summed E-state index contributed by atoms with van der Waals surface area (Å²) >= 11 is 0. The molecule has 1 aliphatic rings. The molecule has 72 valence electrons. The lowest BCUT2D eigenvalue weighted by Crippen LogP contribution is -2.35. The number of furan rings is 1. The summed E-state index contributed by atoms with van der Waals surface area (Å²) in [6.07, 6.45) is 6.18. The Morgan fingerprint density at radius 1 is 1.62 bits per heavy atom. The van der Waals surface area contributed by atoms with Crippen LogP contribution in [0.3, 0.4) is 0 Å². The van der Waals surface area contributed by atoms with E-state index in [0.29, 0.717) is 12.7 Å². The van der Waals surface area contributed by atoms with Gasteiger partial charge in [0.05, 0.1) is 25.2 Å². The number of hydrogen-bond acceptors (Lipinski definition) is 3. The lowest BCUT2D eigenvalue weighted by Gasteiger charge is -2.22. The van der Waals surface area contributed by atoms with Gasteiger partial charge in [-0.25, -0.2) is 0 Å². The summed E-state index contributed by atoms with van der Waals surface area (Å²) in [6.45, 7) is 2.78. The first-order valence-corrected chi connectivity index (χ1v) is 4.78. The fourth-order valence-electron chi connectivity index (χ4n) is 1.55. The van der Waals surface area contributed by atoms with Crippen molar-refractivity contribution in [2.24, 2.45) is 0 Å². The van der Waals surface area contributed by atoms with Crippen molar-refractivity contribution in [1.82, 2.24) is 5.32 Å². The summed E-state index contributed by atoms with van der Waals surface area (Å²) < 4.78 is 10.7. The number of rotatable bonds is 3. The molecule has 0 amide bonds. The van der Waals surface area contributed by atoms with Crippen LogP contribution in [0.5, 0.6) is 0 Å². The Hall–Kier alpha value is -0.800. The Kier molecular flexibility index (Phi) is 3.00. The number of nitrogens with one attached hydrogen (secondary N) is 1. The number of ether oxygens (including phenoxy) is 1. The fraction of sp³-hybridized carbons (Fsp3) is 0.600. The number of hydrogen-bond donors (Lipinski definition) is 1. The Bertz CT molecular complexity index is 227. The van der Waals surface area contributed by atoms with E-state index in [1.165, 1.54) is 12.8 Å². The quantitative estimate of drug-likeness (QED) is 0.768. The first-order chi connectivity index (χ1) is 6.45. The van der Waals surface area contributed by atoms with E-state index >= 15 is 0 Å². The van der Waals surface area contributed by atoms with E-state index in [0.717, 1.165) is 18.7 Å². The van der Waals surface area contributed by atoms with E-state index in [9.17, 15) is 0 Å². The molecule has 1 unspecified atom stereocenters. The highest BCUT2D eigenvalue weighted by Gasteiger charge is 2.12. The minimum atomic E-state index is 0.378. The average Bonchev–Trinajstić information content (AvgIpc) is 2.69. The predicted molar refractivity (Wildman–Crippen MR) is 49.4 cm³/mol. The van der Waals surface area contributed by atoms with Crippen LogP contribution in [0.1, 0.15) is 18.4 Å². The van der Waals surface area contributed by atoms with Gasteiger partial charge < -0.3 is 14.5 Å². The van der Waals surface area contributed by atoms with Crippen LogP contribution in [0, 0.1) is 0 Å². The molecule has 3 heteroatoms. The van der Waals surface area contributed by atoms with Crippen molar-refractivity contribution in [3.63, 3.8) is 0 Å². The normalized spacial score (nSPS) is 23.2. The second-order valence-corrected chi connectivity index (χ2v) is 3.41. The van der Waals surface area contributed by atoms with E-state index < -0.39 is 0 Å². The van der Waals surface area contributed by atoms with E-state index in [1.807, 2.05) is 6.07 Å². The highest BCUT2D eigenvalue weighted by molar-refractivity contribution is 5.03. The van der Waals surface area contributed by atoms with Crippen LogP contribution >= 0.6 is 0 Å². The molecule has 1 atom stereocenters. The van der Waals surface area contributed by atoms with Crippen LogP contribution in [0.2, 0.25) is 0 Å². The third-order valence-corrected chi connectivity index (χ3v) is 2.32. The van der Waals surface area contributed by atoms with Gasteiger partial charge in [-0.2, -0.15) is 0 Å². The molecule has 13 heavy (non-hydrogen) atoms. The van der Waals surface area contributed by atoms with Crippen LogP contribution in [0.15, 0.2) is 23.0 Å². The van der Waals surface area contributed by atoms with Crippen molar-refractivity contribution in [3.05, 3.63) is 24.2 Å². The summed E-state index contributed by atoms with van der Waals surface area (Å²) in [5, 5.41) is 3.32. The molecule has 0 aromatic carbocycles. The first-order valence-electron chi connectivity index (χ1n) is 4.78. The van der Waals surface area contributed by atoms with Gasteiger partial charge in [0, 0.05) is 12.1 Å². The molecule has 0 radical (unpaired) electrons. The molecule has 1 saturated heterocycles. The van der Waals surface area contributed by atoms with Gasteiger partial charge in [-0.05, 0) is 25.5 Å². The van der Waals surface area contributed by atoms with Gasteiger partial charge in [-0.3, -0.25) is 0 Å². The summed E-state index contributed by atoms with van der Waals surface area (Å²) in [6, 6.07) is 1.94. The topological polar surface area (TPSA) is 34.4 Å². The first kappa shape index (κ1) is 8.78. The van der Waals surface area contributed by atoms with E-state index in [4.69, 9.17) is 9.15 Å². The van der Waals surface area contributed by atoms with Crippen LogP contribution in [-0.2, 0) is 11.3 Å². The monoisotopic (exact) mass is 181 g/mol. The van der Waals surface area contributed by atoms with Gasteiger partial charge in [-0.15, -0.1) is 0 Å². The SMILES string of the molecule is c1cc(COC2CCCNC2)co1. The van der Waals surface area contributed by atoms with Crippen LogP contribution < -0.4 is 5.32 Å². The van der Waals surface area contributed by atoms with Crippen molar-refractivity contribution >= 4 is 0 Å². The third-order valence-electron chi connectivity index (χ3n) is 2.32. The van der Waals surface area contributed by atoms with Crippen molar-refractivity contribution < 1.29 is 9.15 Å². The molecule has 1 aliphatic heterocycles. The second kappa shape index (κ2) is 4.44. The Morgan fingerprint density at radius 2 is 2.62 bits per heavy atom. The smallest absolute Gasteiger partial charge is 0.0957 e. The zero-order chi connectivity index (χ0) is 8.93. The van der Waals surface area contributed by atoms with Crippen molar-refractivity contribution in [3.8, 4) is 0 Å². The van der Waals surface area contributed by atoms with Gasteiger partial charge in [0.25, 0.3) is 0 Å². The summed E-state index contributed by atoms with van der Waals surface area (Å²) in [5.41, 5.74) is 1.12. The second-order valence-electron chi connectivity index (χ2n) is 3.41. The maximum Gasteiger partial charge on any atom is 0.0957 e. The van der Waals surface area contributed by atoms with Gasteiger partial charge in [0.1, 0.15) is 0 Å². The molecule has 1 aromatic heterocycles. The van der Waals surface area contributed by atoms with Crippen molar-refractivity contribution in [2.45, 2.75) is 25.6 Å². The molecular formula is C10H15NO2. The minimum absolute atomic E-state index is 0.378. The molecule has 2 heterocycles. The van der Waals surface area contributed by atoms with E-state index in [-0.39, 0.29) is 0 Å². The molecule has 0 bridgehead atoms. The minimum Gasteiger partial charge on any atom is -0.472 e. The molecular weight excluding hydrogens is 166 g/mol. The highest BCUT2D eigenvalue weighted by atomic mass is 16.5. The van der Waals surface area contributed by atoms with E-state index in [2.05, 4.69) is 5.32 Å². The highest BCUT2D eigenvalue weighted by Crippen LogP contribution is 2.09. The maximum atomic E-state index is 5.70. The Balaban J connectivity index is 1.72. The number of piperidine rings is 1. The maximum absolute atomic E-state index is 5.70. The third kappa shape index (κ3) is 2.57. The molecule has 1 N–H and O–H groups in total. The van der Waals surface area contributed by atoms with Crippen LogP contribution in [0.25, 0.3) is 0 Å². The Morgan fingerprint density at radius 3 is 3.31 bits per heavy atom. The molecule has 0 aliphatic carbocycles. The summed E-state index contributed by atoms with van der Waals surface area (Å²) in [5.74, 6) is 0. The van der Waals surface area contributed by atoms with Crippen LogP contribution in [0.4, 0.5) is 0 Å². The zero-order valence-corrected chi connectivity index (χ0v) is 7.66. The van der Waals surface area contributed by atoms with Gasteiger partial charge in [0.2, 0.25) is 0 Å². The molecule has 1 aromatic rings. The largest absolute Gasteiger partial charge is 0.472 e. The average molecular weight is 181 g/mol. The fourth-order valence-corrected chi connectivity index (χ4v) is 1.55. The molecule has 0 saturated carbocycles. The summed E-state index contributed by atoms with van der Waals surface area (Å²) in [7, 11) is 0. The predicted octanol–water partition coefficient (Wildman–Crippen LogP) is 1.55.